The zero-order chi connectivity index (χ0) is 17.0. The first-order valence-corrected chi connectivity index (χ1v) is 7.95. The highest BCUT2D eigenvalue weighted by Gasteiger charge is 2.35. The lowest BCUT2D eigenvalue weighted by Crippen LogP contribution is -2.57. The summed E-state index contributed by atoms with van der Waals surface area (Å²) in [5, 5.41) is 2.59. The summed E-state index contributed by atoms with van der Waals surface area (Å²) in [5.74, 6) is 1.55. The lowest BCUT2D eigenvalue weighted by molar-refractivity contribution is -0.138. The first kappa shape index (κ1) is 17.3. The van der Waals surface area contributed by atoms with Gasteiger partial charge in [-0.15, -0.1) is 0 Å². The second-order valence-electron chi connectivity index (χ2n) is 6.64. The Morgan fingerprint density at radius 2 is 2.04 bits per heavy atom. The molecule has 7 nitrogen and oxygen atoms in total. The Hall–Kier alpha value is -2.05. The molecule has 0 aliphatic carbocycles. The number of likely N-dealkylation sites (tertiary alicyclic amines) is 1. The third kappa shape index (κ3) is 4.24. The molecule has 1 N–H and O–H groups in total. The molecular weight excluding hydrogens is 296 g/mol. The molecule has 0 aromatic carbocycles. The maximum atomic E-state index is 12.6. The number of amides is 2. The summed E-state index contributed by atoms with van der Waals surface area (Å²) < 4.78 is 6.62. The minimum atomic E-state index is -0.959. The molecule has 1 aromatic rings. The van der Waals surface area contributed by atoms with Crippen LogP contribution in [0, 0.1) is 5.92 Å². The van der Waals surface area contributed by atoms with Crippen LogP contribution in [0.4, 0.5) is 4.79 Å². The van der Waals surface area contributed by atoms with Crippen molar-refractivity contribution in [3.63, 3.8) is 0 Å². The van der Waals surface area contributed by atoms with E-state index in [1.807, 2.05) is 28.9 Å². The summed E-state index contributed by atoms with van der Waals surface area (Å²) in [5.41, 5.74) is -0.959. The van der Waals surface area contributed by atoms with Crippen LogP contribution in [-0.4, -0.2) is 52.2 Å². The third-order valence-corrected chi connectivity index (χ3v) is 4.43. The van der Waals surface area contributed by atoms with Crippen LogP contribution in [0.15, 0.2) is 12.4 Å². The number of nitrogens with one attached hydrogen (secondary N) is 1. The molecule has 2 rings (SSSR count). The largest absolute Gasteiger partial charge is 0.453 e. The Labute approximate surface area is 137 Å². The lowest BCUT2D eigenvalue weighted by Gasteiger charge is -2.37. The van der Waals surface area contributed by atoms with E-state index in [0.717, 1.165) is 25.1 Å². The molecule has 1 aliphatic heterocycles. The molecule has 0 atom stereocenters. The highest BCUT2D eigenvalue weighted by molar-refractivity contribution is 5.89. The SMILES string of the molecule is COC(=O)NC(C)(C)C(=O)N1CCC(Cc2nccn2C)CC1. The van der Waals surface area contributed by atoms with Gasteiger partial charge in [-0.3, -0.25) is 4.79 Å². The summed E-state index contributed by atoms with van der Waals surface area (Å²) in [6.07, 6.45) is 6.02. The summed E-state index contributed by atoms with van der Waals surface area (Å²) in [4.78, 5) is 30.1. The van der Waals surface area contributed by atoms with Crippen molar-refractivity contribution in [2.24, 2.45) is 13.0 Å². The molecule has 0 radical (unpaired) electrons. The van der Waals surface area contributed by atoms with Gasteiger partial charge in [0.1, 0.15) is 11.4 Å². The van der Waals surface area contributed by atoms with Crippen molar-refractivity contribution < 1.29 is 14.3 Å². The second kappa shape index (κ2) is 7.02. The van der Waals surface area contributed by atoms with Gasteiger partial charge in [-0.2, -0.15) is 0 Å². The fourth-order valence-electron chi connectivity index (χ4n) is 2.95. The zero-order valence-electron chi connectivity index (χ0n) is 14.3. The van der Waals surface area contributed by atoms with Gasteiger partial charge in [0, 0.05) is 39.0 Å². The van der Waals surface area contributed by atoms with Gasteiger partial charge in [-0.05, 0) is 32.6 Å². The summed E-state index contributed by atoms with van der Waals surface area (Å²) in [6.45, 7) is 4.82. The van der Waals surface area contributed by atoms with E-state index in [-0.39, 0.29) is 5.91 Å². The van der Waals surface area contributed by atoms with Gasteiger partial charge in [0.15, 0.2) is 0 Å². The molecule has 1 aliphatic rings. The summed E-state index contributed by atoms with van der Waals surface area (Å²) in [6, 6.07) is 0. The molecule has 1 saturated heterocycles. The molecule has 0 saturated carbocycles. The molecular formula is C16H26N4O3. The topological polar surface area (TPSA) is 76.5 Å². The van der Waals surface area contributed by atoms with Crippen molar-refractivity contribution in [1.82, 2.24) is 19.8 Å². The Balaban J connectivity index is 1.87. The van der Waals surface area contributed by atoms with Crippen LogP contribution in [-0.2, 0) is 23.0 Å². The molecule has 0 bridgehead atoms. The van der Waals surface area contributed by atoms with Crippen LogP contribution in [0.3, 0.4) is 0 Å². The number of piperidine rings is 1. The number of hydrogen-bond acceptors (Lipinski definition) is 4. The molecule has 2 heterocycles. The van der Waals surface area contributed by atoms with Gasteiger partial charge < -0.3 is 19.5 Å². The van der Waals surface area contributed by atoms with Crippen LogP contribution in [0.5, 0.6) is 0 Å². The van der Waals surface area contributed by atoms with E-state index in [4.69, 9.17) is 0 Å². The van der Waals surface area contributed by atoms with Crippen LogP contribution in [0.25, 0.3) is 0 Å². The van der Waals surface area contributed by atoms with E-state index in [1.54, 1.807) is 13.8 Å². The predicted molar refractivity (Wildman–Crippen MR) is 85.8 cm³/mol. The number of nitrogens with zero attached hydrogens (tertiary/aromatic N) is 3. The number of aromatic nitrogens is 2. The summed E-state index contributed by atoms with van der Waals surface area (Å²) in [7, 11) is 3.29. The number of hydrogen-bond donors (Lipinski definition) is 1. The van der Waals surface area contributed by atoms with E-state index in [2.05, 4.69) is 15.0 Å². The van der Waals surface area contributed by atoms with E-state index < -0.39 is 11.6 Å². The quantitative estimate of drug-likeness (QED) is 0.907. The van der Waals surface area contributed by atoms with Gasteiger partial charge in [-0.1, -0.05) is 0 Å². The minimum absolute atomic E-state index is 0.0710. The van der Waals surface area contributed by atoms with Crippen LogP contribution < -0.4 is 5.32 Å². The smallest absolute Gasteiger partial charge is 0.407 e. The maximum Gasteiger partial charge on any atom is 0.407 e. The minimum Gasteiger partial charge on any atom is -0.453 e. The van der Waals surface area contributed by atoms with E-state index in [0.29, 0.717) is 19.0 Å². The highest BCUT2D eigenvalue weighted by Crippen LogP contribution is 2.23. The van der Waals surface area contributed by atoms with Crippen molar-refractivity contribution in [3.05, 3.63) is 18.2 Å². The normalized spacial score (nSPS) is 16.3. The van der Waals surface area contributed by atoms with Crippen molar-refractivity contribution in [2.45, 2.75) is 38.6 Å². The molecule has 23 heavy (non-hydrogen) atoms. The van der Waals surface area contributed by atoms with Crippen molar-refractivity contribution in [2.75, 3.05) is 20.2 Å². The highest BCUT2D eigenvalue weighted by atomic mass is 16.5. The van der Waals surface area contributed by atoms with Gasteiger partial charge in [-0.25, -0.2) is 9.78 Å². The number of carbonyl (C=O) groups is 2. The molecule has 7 heteroatoms. The summed E-state index contributed by atoms with van der Waals surface area (Å²) >= 11 is 0. The molecule has 2 amide bonds. The Bertz CT molecular complexity index is 559. The van der Waals surface area contributed by atoms with Crippen molar-refractivity contribution in [3.8, 4) is 0 Å². The van der Waals surface area contributed by atoms with Gasteiger partial charge in [0.2, 0.25) is 5.91 Å². The van der Waals surface area contributed by atoms with Crippen LogP contribution in [0.1, 0.15) is 32.5 Å². The zero-order valence-corrected chi connectivity index (χ0v) is 14.3. The molecule has 0 unspecified atom stereocenters. The van der Waals surface area contributed by atoms with Gasteiger partial charge in [0.05, 0.1) is 7.11 Å². The standard InChI is InChI=1S/C16H26N4O3/c1-16(2,18-15(22)23-4)14(21)20-8-5-12(6-9-20)11-13-17-7-10-19(13)3/h7,10,12H,5-6,8-9,11H2,1-4H3,(H,18,22). The van der Waals surface area contributed by atoms with Gasteiger partial charge in [0.25, 0.3) is 0 Å². The van der Waals surface area contributed by atoms with Crippen molar-refractivity contribution >= 4 is 12.0 Å². The average Bonchev–Trinajstić information content (AvgIpc) is 2.92. The number of ether oxygens (including phenoxy) is 1. The molecule has 1 aromatic heterocycles. The second-order valence-corrected chi connectivity index (χ2v) is 6.64. The number of imidazole rings is 1. The number of rotatable bonds is 4. The Morgan fingerprint density at radius 1 is 1.39 bits per heavy atom. The number of aryl methyl sites for hydroxylation is 1. The fourth-order valence-corrected chi connectivity index (χ4v) is 2.95. The number of carbonyl (C=O) groups excluding carboxylic acids is 2. The monoisotopic (exact) mass is 322 g/mol. The first-order valence-electron chi connectivity index (χ1n) is 7.95. The fraction of sp³-hybridized carbons (Fsp3) is 0.688. The van der Waals surface area contributed by atoms with E-state index in [9.17, 15) is 9.59 Å². The Kier molecular flexibility index (Phi) is 5.28. The van der Waals surface area contributed by atoms with E-state index >= 15 is 0 Å². The third-order valence-electron chi connectivity index (χ3n) is 4.43. The molecule has 128 valence electrons. The number of alkyl carbamates (subject to hydrolysis) is 1. The number of methoxy groups -OCH3 is 1. The first-order chi connectivity index (χ1) is 10.8. The van der Waals surface area contributed by atoms with Gasteiger partial charge >= 0.3 is 6.09 Å². The lowest BCUT2D eigenvalue weighted by atomic mass is 9.91. The maximum absolute atomic E-state index is 12.6. The van der Waals surface area contributed by atoms with E-state index in [1.165, 1.54) is 7.11 Å². The van der Waals surface area contributed by atoms with Crippen molar-refractivity contribution in [1.29, 1.82) is 0 Å². The predicted octanol–water partition coefficient (Wildman–Crippen LogP) is 1.34. The van der Waals surface area contributed by atoms with Crippen LogP contribution >= 0.6 is 0 Å². The van der Waals surface area contributed by atoms with Crippen LogP contribution in [0.2, 0.25) is 0 Å². The molecule has 1 fully saturated rings. The average molecular weight is 322 g/mol. The Morgan fingerprint density at radius 3 is 2.57 bits per heavy atom. The molecule has 0 spiro atoms.